The quantitative estimate of drug-likeness (QED) is 0.0474. The lowest BCUT2D eigenvalue weighted by Crippen LogP contribution is -2.37. The predicted octanol–water partition coefficient (Wildman–Crippen LogP) is 16.6. The van der Waals surface area contributed by atoms with Crippen LogP contribution in [0.25, 0.3) is 0 Å². The maximum Gasteiger partial charge on any atom is 0.256 e. The fourth-order valence-electron chi connectivity index (χ4n) is 8.09. The first-order valence-corrected chi connectivity index (χ1v) is 23.9. The SMILES string of the molecule is CCCCCCCCCCCCCCCCCCc1n(CCCCCCCCCCCC)cc[n+]1CCCCCCCCCCCCCCC. The van der Waals surface area contributed by atoms with Gasteiger partial charge in [-0.05, 0) is 32.1 Å². The minimum atomic E-state index is 1.23. The number of nitrogens with zero attached hydrogens (tertiary/aromatic N) is 2. The number of aryl methyl sites for hydroxylation is 2. The second-order valence-corrected chi connectivity index (χ2v) is 16.6. The molecule has 0 atom stereocenters. The second kappa shape index (κ2) is 39.4. The van der Waals surface area contributed by atoms with E-state index >= 15 is 0 Å². The molecule has 0 unspecified atom stereocenters. The number of rotatable bonds is 42. The Hall–Kier alpha value is -0.790. The molecule has 0 aliphatic heterocycles. The minimum Gasteiger partial charge on any atom is -0.234 e. The van der Waals surface area contributed by atoms with Gasteiger partial charge < -0.3 is 0 Å². The molecule has 0 aliphatic rings. The van der Waals surface area contributed by atoms with Crippen LogP contribution < -0.4 is 4.57 Å². The minimum absolute atomic E-state index is 1.23. The number of hydrogen-bond donors (Lipinski definition) is 0. The van der Waals surface area contributed by atoms with Crippen LogP contribution in [0.15, 0.2) is 12.4 Å². The van der Waals surface area contributed by atoms with Crippen LogP contribution in [-0.2, 0) is 19.5 Å². The zero-order valence-corrected chi connectivity index (χ0v) is 35.2. The van der Waals surface area contributed by atoms with Gasteiger partial charge in [-0.15, -0.1) is 0 Å². The molecule has 0 saturated carbocycles. The molecule has 0 N–H and O–H groups in total. The Morgan fingerprint density at radius 1 is 0.340 bits per heavy atom. The van der Waals surface area contributed by atoms with Crippen molar-refractivity contribution in [2.45, 2.75) is 291 Å². The third kappa shape index (κ3) is 30.8. The van der Waals surface area contributed by atoms with Crippen molar-refractivity contribution in [1.29, 1.82) is 0 Å². The second-order valence-electron chi connectivity index (χ2n) is 16.6. The van der Waals surface area contributed by atoms with Gasteiger partial charge in [0.1, 0.15) is 12.4 Å². The monoisotopic (exact) mass is 700 g/mol. The van der Waals surface area contributed by atoms with Gasteiger partial charge in [-0.3, -0.25) is 0 Å². The molecule has 0 radical (unpaired) electrons. The third-order valence-electron chi connectivity index (χ3n) is 11.6. The predicted molar refractivity (Wildman–Crippen MR) is 225 cm³/mol. The first-order chi connectivity index (χ1) is 24.8. The van der Waals surface area contributed by atoms with E-state index in [2.05, 4.69) is 42.3 Å². The molecule has 1 rings (SSSR count). The first kappa shape index (κ1) is 47.2. The van der Waals surface area contributed by atoms with Crippen molar-refractivity contribution in [1.82, 2.24) is 4.57 Å². The molecule has 0 saturated heterocycles. The van der Waals surface area contributed by atoms with Crippen molar-refractivity contribution >= 4 is 0 Å². The highest BCUT2D eigenvalue weighted by molar-refractivity contribution is 4.84. The normalized spacial score (nSPS) is 11.7. The molecule has 50 heavy (non-hydrogen) atoms. The molecule has 0 spiro atoms. The number of imidazole rings is 1. The highest BCUT2D eigenvalue weighted by Gasteiger charge is 2.16. The van der Waals surface area contributed by atoms with E-state index in [1.165, 1.54) is 270 Å². The van der Waals surface area contributed by atoms with Crippen LogP contribution in [0.4, 0.5) is 0 Å². The summed E-state index contributed by atoms with van der Waals surface area (Å²) in [5.74, 6) is 1.63. The highest BCUT2D eigenvalue weighted by atomic mass is 15.1. The van der Waals surface area contributed by atoms with E-state index in [1.54, 1.807) is 5.82 Å². The highest BCUT2D eigenvalue weighted by Crippen LogP contribution is 2.17. The summed E-state index contributed by atoms with van der Waals surface area (Å²) in [6, 6.07) is 0. The summed E-state index contributed by atoms with van der Waals surface area (Å²) in [6.45, 7) is 9.41. The summed E-state index contributed by atoms with van der Waals surface area (Å²) in [6.07, 6.45) is 62.3. The summed E-state index contributed by atoms with van der Waals surface area (Å²) in [5.41, 5.74) is 0. The average molecular weight is 700 g/mol. The molecule has 0 aliphatic carbocycles. The van der Waals surface area contributed by atoms with Crippen molar-refractivity contribution in [3.8, 4) is 0 Å². The Labute approximate surface area is 317 Å². The molecule has 2 nitrogen and oxygen atoms in total. The zero-order chi connectivity index (χ0) is 35.8. The fraction of sp³-hybridized carbons (Fsp3) is 0.938. The molecule has 0 aromatic carbocycles. The van der Waals surface area contributed by atoms with Gasteiger partial charge >= 0.3 is 0 Å². The van der Waals surface area contributed by atoms with Crippen molar-refractivity contribution in [3.63, 3.8) is 0 Å². The van der Waals surface area contributed by atoms with E-state index in [-0.39, 0.29) is 0 Å². The van der Waals surface area contributed by atoms with Crippen molar-refractivity contribution in [2.75, 3.05) is 0 Å². The topological polar surface area (TPSA) is 8.81 Å². The van der Waals surface area contributed by atoms with Gasteiger partial charge in [-0.25, -0.2) is 9.13 Å². The van der Waals surface area contributed by atoms with Crippen LogP contribution in [0.3, 0.4) is 0 Å². The van der Waals surface area contributed by atoms with Gasteiger partial charge in [0.25, 0.3) is 5.82 Å². The smallest absolute Gasteiger partial charge is 0.234 e. The maximum absolute atomic E-state index is 2.65. The Kier molecular flexibility index (Phi) is 37.2. The van der Waals surface area contributed by atoms with E-state index in [9.17, 15) is 0 Å². The lowest BCUT2D eigenvalue weighted by molar-refractivity contribution is -0.704. The van der Waals surface area contributed by atoms with Crippen molar-refractivity contribution in [2.24, 2.45) is 0 Å². The number of unbranched alkanes of at least 4 members (excludes halogenated alkanes) is 36. The van der Waals surface area contributed by atoms with E-state index in [4.69, 9.17) is 0 Å². The molecule has 2 heteroatoms. The van der Waals surface area contributed by atoms with Crippen molar-refractivity contribution < 1.29 is 4.57 Å². The number of hydrogen-bond acceptors (Lipinski definition) is 0. The van der Waals surface area contributed by atoms with E-state index in [0.29, 0.717) is 0 Å². The van der Waals surface area contributed by atoms with Gasteiger partial charge in [0, 0.05) is 6.42 Å². The number of aromatic nitrogens is 2. The van der Waals surface area contributed by atoms with E-state index in [1.807, 2.05) is 0 Å². The van der Waals surface area contributed by atoms with E-state index < -0.39 is 0 Å². The molecular weight excluding hydrogens is 605 g/mol. The van der Waals surface area contributed by atoms with Gasteiger partial charge in [0.2, 0.25) is 0 Å². The van der Waals surface area contributed by atoms with Gasteiger partial charge in [0.15, 0.2) is 0 Å². The van der Waals surface area contributed by atoms with E-state index in [0.717, 1.165) is 0 Å². The summed E-state index contributed by atoms with van der Waals surface area (Å²) in [7, 11) is 0. The molecule has 1 heterocycles. The molecule has 0 fully saturated rings. The lowest BCUT2D eigenvalue weighted by atomic mass is 10.0. The van der Waals surface area contributed by atoms with Gasteiger partial charge in [-0.1, -0.05) is 239 Å². The van der Waals surface area contributed by atoms with Gasteiger partial charge in [0.05, 0.1) is 13.1 Å². The first-order valence-electron chi connectivity index (χ1n) is 23.9. The Morgan fingerprint density at radius 3 is 0.960 bits per heavy atom. The van der Waals surface area contributed by atoms with Crippen LogP contribution in [0.1, 0.15) is 277 Å². The Morgan fingerprint density at radius 2 is 0.620 bits per heavy atom. The van der Waals surface area contributed by atoms with Crippen LogP contribution in [0, 0.1) is 0 Å². The van der Waals surface area contributed by atoms with Gasteiger partial charge in [-0.2, -0.15) is 0 Å². The summed E-state index contributed by atoms with van der Waals surface area (Å²) in [5, 5.41) is 0. The van der Waals surface area contributed by atoms with Crippen molar-refractivity contribution in [3.05, 3.63) is 18.2 Å². The zero-order valence-electron chi connectivity index (χ0n) is 35.2. The Balaban J connectivity index is 2.25. The molecular formula is C48H95N2+. The maximum atomic E-state index is 2.65. The lowest BCUT2D eigenvalue weighted by Gasteiger charge is -2.07. The fourth-order valence-corrected chi connectivity index (χ4v) is 8.09. The summed E-state index contributed by atoms with van der Waals surface area (Å²) >= 11 is 0. The molecule has 1 aromatic heterocycles. The molecule has 0 bridgehead atoms. The largest absolute Gasteiger partial charge is 0.256 e. The molecule has 1 aromatic rings. The molecule has 0 amide bonds. The average Bonchev–Trinajstić information content (AvgIpc) is 3.51. The van der Waals surface area contributed by atoms with Crippen LogP contribution in [0.5, 0.6) is 0 Å². The van der Waals surface area contributed by atoms with Crippen LogP contribution in [0.2, 0.25) is 0 Å². The standard InChI is InChI=1S/C48H95N2/c1-4-7-10-13-16-19-22-24-25-26-27-29-31-34-37-40-43-48-49(44-41-38-35-32-21-18-15-12-9-6-3)46-47-50(48)45-42-39-36-33-30-28-23-20-17-14-11-8-5-2/h46-47H,4-45H2,1-3H3/q+1. The van der Waals surface area contributed by atoms with Crippen LogP contribution >= 0.6 is 0 Å². The summed E-state index contributed by atoms with van der Waals surface area (Å²) < 4.78 is 5.30. The molecule has 296 valence electrons. The summed E-state index contributed by atoms with van der Waals surface area (Å²) in [4.78, 5) is 0. The van der Waals surface area contributed by atoms with Crippen LogP contribution in [-0.4, -0.2) is 4.57 Å². The third-order valence-corrected chi connectivity index (χ3v) is 11.6. The Bertz CT molecular complexity index is 766.